The predicted octanol–water partition coefficient (Wildman–Crippen LogP) is 4.81. The van der Waals surface area contributed by atoms with Crippen molar-refractivity contribution in [2.45, 2.75) is 20.4 Å². The van der Waals surface area contributed by atoms with E-state index in [2.05, 4.69) is 15.1 Å². The van der Waals surface area contributed by atoms with Gasteiger partial charge in [-0.15, -0.1) is 0 Å². The molecule has 0 fully saturated rings. The molecule has 7 heteroatoms. The molecular weight excluding hydrogens is 436 g/mol. The van der Waals surface area contributed by atoms with Crippen LogP contribution < -0.4 is 5.56 Å². The van der Waals surface area contributed by atoms with Crippen molar-refractivity contribution < 1.29 is 0 Å². The van der Waals surface area contributed by atoms with Crippen molar-refractivity contribution in [2.24, 2.45) is 0 Å². The Morgan fingerprint density at radius 3 is 2.37 bits per heavy atom. The van der Waals surface area contributed by atoms with Crippen LogP contribution in [0.25, 0.3) is 39.2 Å². The molecular formula is C28H22N6O. The van der Waals surface area contributed by atoms with E-state index >= 15 is 0 Å². The summed E-state index contributed by atoms with van der Waals surface area (Å²) in [5, 5.41) is 10.3. The first-order valence-corrected chi connectivity index (χ1v) is 11.4. The lowest BCUT2D eigenvalue weighted by Crippen LogP contribution is -2.18. The number of nitrogens with zero attached hydrogens (tertiary/aromatic N) is 6. The Hall–Kier alpha value is -4.65. The number of hydrogen-bond donors (Lipinski definition) is 0. The summed E-state index contributed by atoms with van der Waals surface area (Å²) in [6, 6.07) is 23.6. The highest BCUT2D eigenvalue weighted by Crippen LogP contribution is 2.27. The van der Waals surface area contributed by atoms with Crippen LogP contribution in [0.1, 0.15) is 16.8 Å². The number of para-hydroxylation sites is 2. The number of rotatable bonds is 4. The molecule has 0 saturated heterocycles. The van der Waals surface area contributed by atoms with Gasteiger partial charge < -0.3 is 0 Å². The third-order valence-electron chi connectivity index (χ3n) is 6.19. The minimum absolute atomic E-state index is 0.228. The van der Waals surface area contributed by atoms with Crippen LogP contribution in [0.2, 0.25) is 0 Å². The zero-order valence-electron chi connectivity index (χ0n) is 19.4. The molecule has 0 atom stereocenters. The molecule has 0 N–H and O–H groups in total. The minimum atomic E-state index is -0.228. The average molecular weight is 459 g/mol. The summed E-state index contributed by atoms with van der Waals surface area (Å²) in [6.45, 7) is 4.41. The van der Waals surface area contributed by atoms with Crippen molar-refractivity contribution in [2.75, 3.05) is 0 Å². The first-order chi connectivity index (χ1) is 17.1. The van der Waals surface area contributed by atoms with Crippen molar-refractivity contribution >= 4 is 10.9 Å². The molecule has 4 heterocycles. The van der Waals surface area contributed by atoms with Crippen LogP contribution in [0.4, 0.5) is 0 Å². The lowest BCUT2D eigenvalue weighted by molar-refractivity contribution is 0.697. The highest BCUT2D eigenvalue weighted by molar-refractivity contribution is 5.92. The molecule has 0 amide bonds. The standard InChI is InChI=1S/C28H22N6O/c1-18-7-3-5-9-24(18)34-28(35)27-26(32-34)22-8-4-6-10-25(22)33(31-27)17-20-12-14-23(30-15-20)21-13-11-19(2)29-16-21/h3-16H,17H2,1-2H3. The van der Waals surface area contributed by atoms with Gasteiger partial charge in [-0.05, 0) is 55.3 Å². The van der Waals surface area contributed by atoms with Crippen LogP contribution in [0, 0.1) is 13.8 Å². The van der Waals surface area contributed by atoms with Gasteiger partial charge in [0.2, 0.25) is 0 Å². The molecule has 0 aliphatic carbocycles. The molecule has 4 aromatic rings. The molecule has 2 aromatic heterocycles. The molecule has 6 rings (SSSR count). The van der Waals surface area contributed by atoms with E-state index < -0.39 is 0 Å². The number of pyridine rings is 2. The van der Waals surface area contributed by atoms with E-state index in [4.69, 9.17) is 5.10 Å². The van der Waals surface area contributed by atoms with Gasteiger partial charge in [-0.3, -0.25) is 19.4 Å². The van der Waals surface area contributed by atoms with Crippen LogP contribution in [-0.2, 0) is 6.54 Å². The summed E-state index contributed by atoms with van der Waals surface area (Å²) in [6.07, 6.45) is 3.68. The van der Waals surface area contributed by atoms with Crippen LogP contribution in [0.15, 0.2) is 90.0 Å². The van der Waals surface area contributed by atoms with Crippen LogP contribution in [0.3, 0.4) is 0 Å². The fraction of sp³-hybridized carbons (Fsp3) is 0.107. The van der Waals surface area contributed by atoms with Gasteiger partial charge in [0.1, 0.15) is 5.69 Å². The van der Waals surface area contributed by atoms with E-state index in [0.29, 0.717) is 17.9 Å². The highest BCUT2D eigenvalue weighted by Gasteiger charge is 2.23. The molecule has 2 aromatic carbocycles. The molecule has 0 spiro atoms. The van der Waals surface area contributed by atoms with Gasteiger partial charge >= 0.3 is 5.56 Å². The highest BCUT2D eigenvalue weighted by atomic mass is 16.1. The van der Waals surface area contributed by atoms with Crippen LogP contribution in [0.5, 0.6) is 0 Å². The number of fused-ring (bicyclic) bond motifs is 3. The molecule has 7 nitrogen and oxygen atoms in total. The third kappa shape index (κ3) is 3.67. The smallest absolute Gasteiger partial charge is 0.265 e. The maximum atomic E-state index is 13.4. The topological polar surface area (TPSA) is 78.5 Å². The molecule has 2 aliphatic heterocycles. The van der Waals surface area contributed by atoms with E-state index in [1.165, 1.54) is 4.68 Å². The summed E-state index contributed by atoms with van der Waals surface area (Å²) in [5.74, 6) is 0. The van der Waals surface area contributed by atoms with Gasteiger partial charge in [-0.2, -0.15) is 14.9 Å². The normalized spacial score (nSPS) is 11.4. The van der Waals surface area contributed by atoms with Gasteiger partial charge in [-0.25, -0.2) is 0 Å². The Morgan fingerprint density at radius 1 is 0.771 bits per heavy atom. The molecule has 0 saturated carbocycles. The van der Waals surface area contributed by atoms with Gasteiger partial charge in [0.25, 0.3) is 0 Å². The Morgan fingerprint density at radius 2 is 1.60 bits per heavy atom. The van der Waals surface area contributed by atoms with Crippen molar-refractivity contribution in [3.8, 4) is 28.3 Å². The molecule has 2 aliphatic rings. The lowest BCUT2D eigenvalue weighted by atomic mass is 10.1. The minimum Gasteiger partial charge on any atom is -0.265 e. The number of aromatic nitrogens is 6. The maximum absolute atomic E-state index is 13.4. The van der Waals surface area contributed by atoms with Crippen molar-refractivity contribution in [1.29, 1.82) is 0 Å². The average Bonchev–Trinajstić information content (AvgIpc) is 3.21. The molecule has 0 bridgehead atoms. The molecule has 170 valence electrons. The van der Waals surface area contributed by atoms with Crippen molar-refractivity contribution in [3.05, 3.63) is 112 Å². The summed E-state index contributed by atoms with van der Waals surface area (Å²) in [5.41, 5.74) is 7.15. The van der Waals surface area contributed by atoms with Gasteiger partial charge in [0.05, 0.1) is 23.4 Å². The Kier molecular flexibility index (Phi) is 4.95. The molecule has 0 unspecified atom stereocenters. The van der Waals surface area contributed by atoms with E-state index in [-0.39, 0.29) is 5.56 Å². The second-order valence-electron chi connectivity index (χ2n) is 8.62. The largest absolute Gasteiger partial charge is 0.301 e. The molecule has 35 heavy (non-hydrogen) atoms. The zero-order chi connectivity index (χ0) is 23.9. The van der Waals surface area contributed by atoms with E-state index in [1.807, 2.05) is 104 Å². The Labute approximate surface area is 201 Å². The monoisotopic (exact) mass is 458 g/mol. The Balaban J connectivity index is 1.44. The van der Waals surface area contributed by atoms with E-state index in [0.717, 1.165) is 44.7 Å². The number of hydrogen-bond acceptors (Lipinski definition) is 5. The Bertz CT molecular complexity index is 1700. The van der Waals surface area contributed by atoms with Crippen molar-refractivity contribution in [1.82, 2.24) is 29.5 Å². The van der Waals surface area contributed by atoms with E-state index in [1.54, 1.807) is 0 Å². The van der Waals surface area contributed by atoms with Crippen LogP contribution in [-0.4, -0.2) is 29.5 Å². The quantitative estimate of drug-likeness (QED) is 0.379. The third-order valence-corrected chi connectivity index (χ3v) is 6.19. The fourth-order valence-corrected chi connectivity index (χ4v) is 4.31. The summed E-state index contributed by atoms with van der Waals surface area (Å²) >= 11 is 0. The SMILES string of the molecule is Cc1ccc(-c2ccc(Cn3nc4c(=O)n(-c5ccccc5C)nc-4c4ccccc43)cn2)cn1. The van der Waals surface area contributed by atoms with Gasteiger partial charge in [-0.1, -0.05) is 42.5 Å². The molecule has 0 radical (unpaired) electrons. The lowest BCUT2D eigenvalue weighted by Gasteiger charge is -2.12. The first kappa shape index (κ1) is 20.9. The van der Waals surface area contributed by atoms with Crippen molar-refractivity contribution in [3.63, 3.8) is 0 Å². The second kappa shape index (κ2) is 8.29. The van der Waals surface area contributed by atoms with Gasteiger partial charge in [0.15, 0.2) is 5.69 Å². The fourth-order valence-electron chi connectivity index (χ4n) is 4.31. The van der Waals surface area contributed by atoms with Crippen LogP contribution >= 0.6 is 0 Å². The second-order valence-corrected chi connectivity index (χ2v) is 8.62. The van der Waals surface area contributed by atoms with E-state index in [9.17, 15) is 4.79 Å². The van der Waals surface area contributed by atoms with Gasteiger partial charge in [0, 0.05) is 29.0 Å². The summed E-state index contributed by atoms with van der Waals surface area (Å²) in [7, 11) is 0. The maximum Gasteiger partial charge on any atom is 0.301 e. The number of aryl methyl sites for hydroxylation is 2. The first-order valence-electron chi connectivity index (χ1n) is 11.4. The predicted molar refractivity (Wildman–Crippen MR) is 136 cm³/mol. The zero-order valence-corrected chi connectivity index (χ0v) is 19.4. The number of benzene rings is 2. The summed E-state index contributed by atoms with van der Waals surface area (Å²) in [4.78, 5) is 22.3. The summed E-state index contributed by atoms with van der Waals surface area (Å²) < 4.78 is 3.31.